The largest absolute Gasteiger partial charge is 0.319 e. The van der Waals surface area contributed by atoms with Gasteiger partial charge in [0.05, 0.1) is 0 Å². The summed E-state index contributed by atoms with van der Waals surface area (Å²) in [6, 6.07) is 8.36. The molecule has 2 nitrogen and oxygen atoms in total. The molecule has 1 N–H and O–H groups in total. The van der Waals surface area contributed by atoms with E-state index in [4.69, 9.17) is 0 Å². The molecule has 1 aromatic carbocycles. The highest BCUT2D eigenvalue weighted by molar-refractivity contribution is 7.70. The lowest BCUT2D eigenvalue weighted by Gasteiger charge is -2.23. The quantitative estimate of drug-likeness (QED) is 0.840. The molecule has 0 aromatic heterocycles. The molecule has 1 aliphatic heterocycles. The standard InChI is InChI=1S/C13H20NOP.ClH/c1-16(2,15)13-5-3-4-12(10-13)11-6-8-14-9-7-11;/h3-5,10-11,14H,6-9H2,1-2H3;1H. The Kier molecular flexibility index (Phi) is 5.24. The molecule has 0 aliphatic carbocycles. The Morgan fingerprint density at radius 3 is 2.47 bits per heavy atom. The molecule has 0 amide bonds. The van der Waals surface area contributed by atoms with Gasteiger partial charge in [-0.15, -0.1) is 12.4 Å². The molecule has 0 spiro atoms. The van der Waals surface area contributed by atoms with Crippen LogP contribution in [0.25, 0.3) is 0 Å². The van der Waals surface area contributed by atoms with E-state index >= 15 is 0 Å². The summed E-state index contributed by atoms with van der Waals surface area (Å²) < 4.78 is 12.0. The van der Waals surface area contributed by atoms with Crippen LogP contribution in [0.3, 0.4) is 0 Å². The van der Waals surface area contributed by atoms with Crippen LogP contribution in [0.15, 0.2) is 24.3 Å². The van der Waals surface area contributed by atoms with Crippen LogP contribution in [0.2, 0.25) is 0 Å². The summed E-state index contributed by atoms with van der Waals surface area (Å²) in [5, 5.41) is 4.39. The van der Waals surface area contributed by atoms with Crippen molar-refractivity contribution in [2.45, 2.75) is 18.8 Å². The summed E-state index contributed by atoms with van der Waals surface area (Å²) in [7, 11) is -2.11. The third kappa shape index (κ3) is 3.84. The number of hydrogen-bond acceptors (Lipinski definition) is 2. The predicted molar refractivity (Wildman–Crippen MR) is 77.6 cm³/mol. The maximum absolute atomic E-state index is 12.0. The number of piperidine rings is 1. The van der Waals surface area contributed by atoms with Crippen LogP contribution in [0.4, 0.5) is 0 Å². The lowest BCUT2D eigenvalue weighted by molar-refractivity contribution is 0.460. The minimum absolute atomic E-state index is 0. The second kappa shape index (κ2) is 6.04. The number of hydrogen-bond donors (Lipinski definition) is 1. The number of benzene rings is 1. The van der Waals surface area contributed by atoms with Crippen molar-refractivity contribution in [2.24, 2.45) is 0 Å². The molecule has 1 fully saturated rings. The molecule has 17 heavy (non-hydrogen) atoms. The zero-order chi connectivity index (χ0) is 11.6. The third-order valence-corrected chi connectivity index (χ3v) is 4.82. The lowest BCUT2D eigenvalue weighted by atomic mass is 9.90. The molecule has 0 bridgehead atoms. The average Bonchev–Trinajstić information content (AvgIpc) is 2.29. The van der Waals surface area contributed by atoms with E-state index in [2.05, 4.69) is 17.4 Å². The summed E-state index contributed by atoms with van der Waals surface area (Å²) in [5.41, 5.74) is 1.36. The van der Waals surface area contributed by atoms with Gasteiger partial charge in [0.25, 0.3) is 0 Å². The summed E-state index contributed by atoms with van der Waals surface area (Å²) in [6.45, 7) is 5.89. The second-order valence-electron chi connectivity index (χ2n) is 4.97. The van der Waals surface area contributed by atoms with Crippen LogP contribution in [0, 0.1) is 0 Å². The molecule has 1 aliphatic rings. The highest BCUT2D eigenvalue weighted by atomic mass is 35.5. The summed E-state index contributed by atoms with van der Waals surface area (Å²) in [6.07, 6.45) is 2.39. The Morgan fingerprint density at radius 1 is 1.24 bits per heavy atom. The van der Waals surface area contributed by atoms with Crippen LogP contribution >= 0.6 is 19.5 Å². The molecule has 4 heteroatoms. The first-order valence-electron chi connectivity index (χ1n) is 5.93. The van der Waals surface area contributed by atoms with Crippen molar-refractivity contribution in [1.29, 1.82) is 0 Å². The zero-order valence-corrected chi connectivity index (χ0v) is 12.2. The molecule has 1 aromatic rings. The third-order valence-electron chi connectivity index (χ3n) is 3.30. The molecule has 1 saturated heterocycles. The minimum Gasteiger partial charge on any atom is -0.319 e. The van der Waals surface area contributed by atoms with Gasteiger partial charge in [-0.3, -0.25) is 0 Å². The normalized spacial score (nSPS) is 17.5. The van der Waals surface area contributed by atoms with Crippen LogP contribution in [-0.2, 0) is 4.57 Å². The van der Waals surface area contributed by atoms with Gasteiger partial charge in [-0.25, -0.2) is 0 Å². The molecule has 0 saturated carbocycles. The Bertz CT molecular complexity index is 410. The Balaban J connectivity index is 0.00000144. The van der Waals surface area contributed by atoms with Crippen LogP contribution < -0.4 is 10.6 Å². The van der Waals surface area contributed by atoms with Crippen molar-refractivity contribution >= 4 is 24.9 Å². The van der Waals surface area contributed by atoms with Gasteiger partial charge in [0.15, 0.2) is 0 Å². The first-order chi connectivity index (χ1) is 7.57. The van der Waals surface area contributed by atoms with Crippen LogP contribution in [-0.4, -0.2) is 26.4 Å². The van der Waals surface area contributed by atoms with E-state index in [1.807, 2.05) is 25.5 Å². The minimum atomic E-state index is -2.11. The molecule has 0 atom stereocenters. The summed E-state index contributed by atoms with van der Waals surface area (Å²) in [4.78, 5) is 0. The highest BCUT2D eigenvalue weighted by Gasteiger charge is 2.17. The summed E-state index contributed by atoms with van der Waals surface area (Å²) >= 11 is 0. The van der Waals surface area contributed by atoms with E-state index in [9.17, 15) is 4.57 Å². The topological polar surface area (TPSA) is 29.1 Å². The molecule has 0 radical (unpaired) electrons. The van der Waals surface area contributed by atoms with Crippen molar-refractivity contribution in [3.8, 4) is 0 Å². The fourth-order valence-corrected chi connectivity index (χ4v) is 3.17. The summed E-state index contributed by atoms with van der Waals surface area (Å²) in [5.74, 6) is 0.646. The van der Waals surface area contributed by atoms with Gasteiger partial charge in [0, 0.05) is 5.30 Å². The van der Waals surface area contributed by atoms with E-state index in [-0.39, 0.29) is 12.4 Å². The Hall–Kier alpha value is -0.300. The smallest absolute Gasteiger partial charge is 0.109 e. The molecular weight excluding hydrogens is 253 g/mol. The van der Waals surface area contributed by atoms with Crippen molar-refractivity contribution in [3.63, 3.8) is 0 Å². The monoisotopic (exact) mass is 273 g/mol. The molecular formula is C13H21ClNOP. The zero-order valence-electron chi connectivity index (χ0n) is 10.5. The SMILES string of the molecule is CP(C)(=O)c1cccc(C2CCNCC2)c1.Cl. The van der Waals surface area contributed by atoms with Crippen LogP contribution in [0.5, 0.6) is 0 Å². The Labute approximate surface area is 110 Å². The van der Waals surface area contributed by atoms with E-state index in [0.29, 0.717) is 5.92 Å². The van der Waals surface area contributed by atoms with Crippen molar-refractivity contribution in [2.75, 3.05) is 26.4 Å². The fraction of sp³-hybridized carbons (Fsp3) is 0.538. The van der Waals surface area contributed by atoms with Gasteiger partial charge in [-0.2, -0.15) is 0 Å². The molecule has 2 rings (SSSR count). The van der Waals surface area contributed by atoms with Crippen molar-refractivity contribution in [1.82, 2.24) is 5.32 Å². The molecule has 1 heterocycles. The van der Waals surface area contributed by atoms with Gasteiger partial charge in [-0.05, 0) is 56.8 Å². The van der Waals surface area contributed by atoms with E-state index in [1.165, 1.54) is 18.4 Å². The van der Waals surface area contributed by atoms with Gasteiger partial charge >= 0.3 is 0 Å². The second-order valence-corrected chi connectivity index (χ2v) is 8.19. The maximum Gasteiger partial charge on any atom is 0.109 e. The number of nitrogens with one attached hydrogen (secondary N) is 1. The predicted octanol–water partition coefficient (Wildman–Crippen LogP) is 2.82. The number of halogens is 1. The molecule has 96 valence electrons. The van der Waals surface area contributed by atoms with E-state index in [0.717, 1.165) is 18.4 Å². The maximum atomic E-state index is 12.0. The number of rotatable bonds is 2. The first kappa shape index (κ1) is 14.8. The van der Waals surface area contributed by atoms with Gasteiger partial charge in [-0.1, -0.05) is 18.2 Å². The lowest BCUT2D eigenvalue weighted by Crippen LogP contribution is -2.26. The average molecular weight is 274 g/mol. The first-order valence-corrected chi connectivity index (χ1v) is 8.54. The van der Waals surface area contributed by atoms with E-state index in [1.54, 1.807) is 0 Å². The van der Waals surface area contributed by atoms with Crippen LogP contribution in [0.1, 0.15) is 24.3 Å². The van der Waals surface area contributed by atoms with Gasteiger partial charge in [0.2, 0.25) is 0 Å². The van der Waals surface area contributed by atoms with Gasteiger partial charge < -0.3 is 9.88 Å². The Morgan fingerprint density at radius 2 is 1.88 bits per heavy atom. The van der Waals surface area contributed by atoms with Gasteiger partial charge in [0.1, 0.15) is 7.14 Å². The highest BCUT2D eigenvalue weighted by Crippen LogP contribution is 2.36. The van der Waals surface area contributed by atoms with Crippen molar-refractivity contribution in [3.05, 3.63) is 29.8 Å². The van der Waals surface area contributed by atoms with E-state index < -0.39 is 7.14 Å². The fourth-order valence-electron chi connectivity index (χ4n) is 2.27. The van der Waals surface area contributed by atoms with Crippen molar-refractivity contribution < 1.29 is 4.57 Å². The molecule has 0 unspecified atom stereocenters.